The topological polar surface area (TPSA) is 99.3 Å². The molecule has 0 unspecified atom stereocenters. The maximum Gasteiger partial charge on any atom is 0.315 e. The summed E-state index contributed by atoms with van der Waals surface area (Å²) in [6.07, 6.45) is 6.73. The fourth-order valence-corrected chi connectivity index (χ4v) is 5.20. The molecule has 2 aliphatic heterocycles. The van der Waals surface area contributed by atoms with Gasteiger partial charge in [-0.1, -0.05) is 12.8 Å². The number of rotatable bonds is 11. The Kier molecular flexibility index (Phi) is 8.92. The van der Waals surface area contributed by atoms with E-state index in [1.807, 2.05) is 32.5 Å². The highest BCUT2D eigenvalue weighted by molar-refractivity contribution is 8.00. The largest absolute Gasteiger partial charge is 0.356 e. The van der Waals surface area contributed by atoms with Crippen LogP contribution in [0.3, 0.4) is 0 Å². The van der Waals surface area contributed by atoms with Crippen LogP contribution in [0.5, 0.6) is 0 Å². The van der Waals surface area contributed by atoms with Crippen LogP contribution in [0.25, 0.3) is 0 Å². The minimum atomic E-state index is -0.175. The molecule has 0 aromatic carbocycles. The van der Waals surface area contributed by atoms with Gasteiger partial charge in [-0.05, 0) is 46.5 Å². The van der Waals surface area contributed by atoms with Crippen LogP contribution < -0.4 is 21.3 Å². The highest BCUT2D eigenvalue weighted by Crippen LogP contribution is 2.33. The van der Waals surface area contributed by atoms with Gasteiger partial charge in [0.15, 0.2) is 0 Å². The number of amides is 4. The van der Waals surface area contributed by atoms with Crippen molar-refractivity contribution in [1.29, 1.82) is 0 Å². The first-order valence-corrected chi connectivity index (χ1v) is 11.6. The molecule has 0 bridgehead atoms. The summed E-state index contributed by atoms with van der Waals surface area (Å²) in [4.78, 5) is 35.0. The van der Waals surface area contributed by atoms with Crippen LogP contribution in [0.4, 0.5) is 4.79 Å². The third-order valence-electron chi connectivity index (χ3n) is 5.00. The minimum Gasteiger partial charge on any atom is -0.356 e. The third-order valence-corrected chi connectivity index (χ3v) is 6.51. The monoisotopic (exact) mass is 412 g/mol. The molecule has 0 aromatic rings. The summed E-state index contributed by atoms with van der Waals surface area (Å²) in [5, 5.41) is 12.3. The van der Waals surface area contributed by atoms with E-state index in [1.165, 1.54) is 0 Å². The Balaban J connectivity index is 1.42. The van der Waals surface area contributed by atoms with Gasteiger partial charge in [0.2, 0.25) is 11.8 Å². The maximum atomic E-state index is 11.9. The van der Waals surface area contributed by atoms with Crippen molar-refractivity contribution >= 4 is 29.6 Å². The molecule has 0 aromatic heterocycles. The second kappa shape index (κ2) is 10.9. The number of fused-ring (bicyclic) bond motifs is 1. The number of hydrogen-bond donors (Lipinski definition) is 4. The first-order valence-electron chi connectivity index (χ1n) is 10.5. The van der Waals surface area contributed by atoms with Gasteiger partial charge in [0.05, 0.1) is 12.1 Å². The smallest absolute Gasteiger partial charge is 0.315 e. The zero-order valence-corrected chi connectivity index (χ0v) is 18.3. The summed E-state index contributed by atoms with van der Waals surface area (Å²) < 4.78 is 0. The van der Waals surface area contributed by atoms with Crippen molar-refractivity contribution in [2.24, 2.45) is 0 Å². The van der Waals surface area contributed by atoms with E-state index in [1.54, 1.807) is 0 Å². The standard InChI is InChI=1S/C20H36N4O3S/c1-20(2,3)24-17(26)11-5-4-8-12-21-16(25)10-7-6-9-15-18-14(13-28-15)22-19(27)23-18/h14-15,18H,4-13H2,1-3H3,(H,21,25)(H,24,26)(H2,22,23,27)/t14-,15-,18-/m0/s1. The number of nitrogens with one attached hydrogen (secondary N) is 4. The molecule has 4 N–H and O–H groups in total. The van der Waals surface area contributed by atoms with Crippen molar-refractivity contribution in [3.05, 3.63) is 0 Å². The lowest BCUT2D eigenvalue weighted by Crippen LogP contribution is -2.40. The number of unbranched alkanes of at least 4 members (excludes halogenated alkanes) is 3. The number of hydrogen-bond acceptors (Lipinski definition) is 4. The molecule has 2 saturated heterocycles. The molecule has 0 spiro atoms. The second-order valence-electron chi connectivity index (χ2n) is 8.83. The van der Waals surface area contributed by atoms with Gasteiger partial charge in [-0.3, -0.25) is 9.59 Å². The van der Waals surface area contributed by atoms with Gasteiger partial charge in [0, 0.05) is 35.9 Å². The average Bonchev–Trinajstić information content (AvgIpc) is 3.12. The summed E-state index contributed by atoms with van der Waals surface area (Å²) in [6, 6.07) is 0.469. The maximum absolute atomic E-state index is 11.9. The fourth-order valence-electron chi connectivity index (χ4n) is 3.66. The highest BCUT2D eigenvalue weighted by atomic mass is 32.2. The molecule has 3 atom stereocenters. The van der Waals surface area contributed by atoms with E-state index in [-0.39, 0.29) is 35.5 Å². The predicted molar refractivity (Wildman–Crippen MR) is 113 cm³/mol. The van der Waals surface area contributed by atoms with Crippen LogP contribution in [0.2, 0.25) is 0 Å². The summed E-state index contributed by atoms with van der Waals surface area (Å²) in [5.74, 6) is 1.18. The lowest BCUT2D eigenvalue weighted by atomic mass is 10.0. The van der Waals surface area contributed by atoms with E-state index in [0.717, 1.165) is 44.3 Å². The van der Waals surface area contributed by atoms with Crippen LogP contribution in [-0.2, 0) is 9.59 Å². The van der Waals surface area contributed by atoms with Gasteiger partial charge in [-0.15, -0.1) is 0 Å². The van der Waals surface area contributed by atoms with E-state index in [9.17, 15) is 14.4 Å². The lowest BCUT2D eigenvalue weighted by molar-refractivity contribution is -0.123. The molecule has 28 heavy (non-hydrogen) atoms. The molecule has 2 heterocycles. The zero-order valence-electron chi connectivity index (χ0n) is 17.4. The first kappa shape index (κ1) is 22.8. The average molecular weight is 413 g/mol. The number of carbonyl (C=O) groups is 3. The molecule has 2 fully saturated rings. The van der Waals surface area contributed by atoms with E-state index in [0.29, 0.717) is 24.6 Å². The van der Waals surface area contributed by atoms with Gasteiger partial charge >= 0.3 is 6.03 Å². The van der Waals surface area contributed by atoms with Crippen molar-refractivity contribution in [3.8, 4) is 0 Å². The van der Waals surface area contributed by atoms with Crippen molar-refractivity contribution in [2.75, 3.05) is 12.3 Å². The molecule has 7 nitrogen and oxygen atoms in total. The van der Waals surface area contributed by atoms with Crippen molar-refractivity contribution in [1.82, 2.24) is 21.3 Å². The summed E-state index contributed by atoms with van der Waals surface area (Å²) in [5.41, 5.74) is -0.175. The Bertz CT molecular complexity index is 550. The van der Waals surface area contributed by atoms with Gasteiger partial charge in [-0.25, -0.2) is 4.79 Å². The number of urea groups is 1. The second-order valence-corrected chi connectivity index (χ2v) is 10.1. The summed E-state index contributed by atoms with van der Waals surface area (Å²) in [6.45, 7) is 6.62. The fraction of sp³-hybridized carbons (Fsp3) is 0.850. The van der Waals surface area contributed by atoms with Gasteiger partial charge in [0.1, 0.15) is 0 Å². The Morgan fingerprint density at radius 1 is 1.04 bits per heavy atom. The molecular weight excluding hydrogens is 376 g/mol. The van der Waals surface area contributed by atoms with Gasteiger partial charge in [-0.2, -0.15) is 11.8 Å². The van der Waals surface area contributed by atoms with Crippen molar-refractivity contribution in [3.63, 3.8) is 0 Å². The van der Waals surface area contributed by atoms with Crippen molar-refractivity contribution < 1.29 is 14.4 Å². The molecule has 160 valence electrons. The van der Waals surface area contributed by atoms with Crippen molar-refractivity contribution in [2.45, 2.75) is 95.0 Å². The SMILES string of the molecule is CC(C)(C)NC(=O)CCCCCNC(=O)CCCC[C@@H]1SC[C@@H]2NC(=O)N[C@@H]21. The predicted octanol–water partition coefficient (Wildman–Crippen LogP) is 2.30. The molecule has 0 aliphatic carbocycles. The minimum absolute atomic E-state index is 0.0468. The molecule has 8 heteroatoms. The Hall–Kier alpha value is -1.44. The summed E-state index contributed by atoms with van der Waals surface area (Å²) in [7, 11) is 0. The van der Waals surface area contributed by atoms with E-state index >= 15 is 0 Å². The molecule has 0 saturated carbocycles. The van der Waals surface area contributed by atoms with Gasteiger partial charge in [0.25, 0.3) is 0 Å². The first-order chi connectivity index (χ1) is 13.2. The van der Waals surface area contributed by atoms with Gasteiger partial charge < -0.3 is 21.3 Å². The van der Waals surface area contributed by atoms with E-state index in [2.05, 4.69) is 21.3 Å². The van der Waals surface area contributed by atoms with Crippen LogP contribution in [0, 0.1) is 0 Å². The Morgan fingerprint density at radius 3 is 2.50 bits per heavy atom. The molecular formula is C20H36N4O3S. The quantitative estimate of drug-likeness (QED) is 0.309. The Labute approximate surface area is 172 Å². The van der Waals surface area contributed by atoms with E-state index in [4.69, 9.17) is 0 Å². The molecule has 2 aliphatic rings. The van der Waals surface area contributed by atoms with Crippen LogP contribution in [0.15, 0.2) is 0 Å². The molecule has 2 rings (SSSR count). The van der Waals surface area contributed by atoms with E-state index < -0.39 is 0 Å². The zero-order chi connectivity index (χ0) is 20.6. The number of thioether (sulfide) groups is 1. The molecule has 0 radical (unpaired) electrons. The molecule has 4 amide bonds. The highest BCUT2D eigenvalue weighted by Gasteiger charge is 2.42. The Morgan fingerprint density at radius 2 is 1.75 bits per heavy atom. The van der Waals surface area contributed by atoms with Crippen LogP contribution in [-0.4, -0.2) is 53.0 Å². The number of carbonyl (C=O) groups excluding carboxylic acids is 3. The van der Waals surface area contributed by atoms with Crippen LogP contribution in [0.1, 0.15) is 72.1 Å². The lowest BCUT2D eigenvalue weighted by Gasteiger charge is -2.20. The van der Waals surface area contributed by atoms with Crippen LogP contribution >= 0.6 is 11.8 Å². The summed E-state index contributed by atoms with van der Waals surface area (Å²) >= 11 is 1.92. The third kappa shape index (κ3) is 8.29. The normalized spacial score (nSPS) is 23.7.